The minimum Gasteiger partial charge on any atom is -0.457 e. The van der Waals surface area contributed by atoms with Crippen LogP contribution in [0.25, 0.3) is 0 Å². The van der Waals surface area contributed by atoms with Gasteiger partial charge in [-0.1, -0.05) is 115 Å². The van der Waals surface area contributed by atoms with Crippen LogP contribution in [0.3, 0.4) is 0 Å². The van der Waals surface area contributed by atoms with Crippen molar-refractivity contribution in [3.05, 3.63) is 167 Å². The molecule has 0 atom stereocenters. The summed E-state index contributed by atoms with van der Waals surface area (Å²) in [6.07, 6.45) is 8.16. The standard InChI is InChI=1S/C50H54N4O/c1-48(2,3)43-32-41(34-45-42(43)21-15-29-54(45)47-31-39(25-27-52-47)50(6,7)37-19-12-9-13-20-37)55-40-23-22-35-16-14-28-53(44(35)33-40)46-30-38(24-26-51-46)49(4,5)36-17-10-8-11-18-36/h8-13,17-20,22-27,30-34H,14-16,21,28-29H2,1-7H3. The lowest BCUT2D eigenvalue weighted by atomic mass is 9.78. The molecule has 0 N–H and O–H groups in total. The molecule has 280 valence electrons. The number of nitrogens with zero attached hydrogens (tertiary/aromatic N) is 4. The summed E-state index contributed by atoms with van der Waals surface area (Å²) in [5.41, 5.74) is 11.1. The molecule has 0 fully saturated rings. The third kappa shape index (κ3) is 7.13. The summed E-state index contributed by atoms with van der Waals surface area (Å²) in [5, 5.41) is 0. The van der Waals surface area contributed by atoms with Gasteiger partial charge in [0.2, 0.25) is 0 Å². The van der Waals surface area contributed by atoms with Crippen LogP contribution in [0.15, 0.2) is 128 Å². The van der Waals surface area contributed by atoms with Crippen LogP contribution in [-0.4, -0.2) is 23.1 Å². The van der Waals surface area contributed by atoms with Crippen molar-refractivity contribution in [2.45, 2.75) is 90.4 Å². The van der Waals surface area contributed by atoms with E-state index >= 15 is 0 Å². The van der Waals surface area contributed by atoms with E-state index in [1.807, 2.05) is 12.4 Å². The number of rotatable bonds is 8. The monoisotopic (exact) mass is 726 g/mol. The molecule has 4 aromatic carbocycles. The van der Waals surface area contributed by atoms with Gasteiger partial charge in [0.1, 0.15) is 23.1 Å². The predicted molar refractivity (Wildman–Crippen MR) is 228 cm³/mol. The molecule has 8 rings (SSSR count). The van der Waals surface area contributed by atoms with Gasteiger partial charge in [-0.15, -0.1) is 0 Å². The van der Waals surface area contributed by atoms with Crippen LogP contribution in [0.5, 0.6) is 11.5 Å². The first-order valence-corrected chi connectivity index (χ1v) is 20.0. The third-order valence-electron chi connectivity index (χ3n) is 12.0. The first kappa shape index (κ1) is 36.6. The Bertz CT molecular complexity index is 2310. The average Bonchev–Trinajstić information content (AvgIpc) is 3.20. The number of benzene rings is 4. The maximum absolute atomic E-state index is 6.89. The molecular formula is C50H54N4O. The Kier molecular flexibility index (Phi) is 9.53. The lowest BCUT2D eigenvalue weighted by Gasteiger charge is -2.36. The first-order valence-electron chi connectivity index (χ1n) is 20.0. The topological polar surface area (TPSA) is 41.5 Å². The summed E-state index contributed by atoms with van der Waals surface area (Å²) >= 11 is 0. The van der Waals surface area contributed by atoms with Crippen LogP contribution < -0.4 is 14.5 Å². The normalized spacial score (nSPS) is 14.7. The predicted octanol–water partition coefficient (Wildman–Crippen LogP) is 12.4. The Labute approximate surface area is 328 Å². The summed E-state index contributed by atoms with van der Waals surface area (Å²) in [4.78, 5) is 14.7. The molecule has 0 saturated heterocycles. The Morgan fingerprint density at radius 3 is 1.60 bits per heavy atom. The summed E-state index contributed by atoms with van der Waals surface area (Å²) in [7, 11) is 0. The quantitative estimate of drug-likeness (QED) is 0.156. The van der Waals surface area contributed by atoms with Crippen molar-refractivity contribution in [2.75, 3.05) is 22.9 Å². The van der Waals surface area contributed by atoms with Crippen LogP contribution in [0.1, 0.15) is 100 Å². The van der Waals surface area contributed by atoms with Crippen molar-refractivity contribution in [3.8, 4) is 11.5 Å². The summed E-state index contributed by atoms with van der Waals surface area (Å²) in [6, 6.07) is 41.5. The second kappa shape index (κ2) is 14.3. The zero-order chi connectivity index (χ0) is 38.4. The summed E-state index contributed by atoms with van der Waals surface area (Å²) in [6.45, 7) is 17.9. The maximum atomic E-state index is 6.89. The highest BCUT2D eigenvalue weighted by atomic mass is 16.5. The Morgan fingerprint density at radius 1 is 0.509 bits per heavy atom. The first-order chi connectivity index (χ1) is 26.4. The van der Waals surface area contributed by atoms with Crippen molar-refractivity contribution in [2.24, 2.45) is 0 Å². The largest absolute Gasteiger partial charge is 0.457 e. The Hall–Kier alpha value is -5.42. The second-order valence-electron chi connectivity index (χ2n) is 17.4. The minimum atomic E-state index is -0.158. The van der Waals surface area contributed by atoms with E-state index in [0.29, 0.717) is 0 Å². The number of pyridine rings is 2. The van der Waals surface area contributed by atoms with Gasteiger partial charge < -0.3 is 14.5 Å². The van der Waals surface area contributed by atoms with Crippen molar-refractivity contribution in [1.29, 1.82) is 0 Å². The van der Waals surface area contributed by atoms with Crippen molar-refractivity contribution in [3.63, 3.8) is 0 Å². The second-order valence-corrected chi connectivity index (χ2v) is 17.4. The Balaban J connectivity index is 1.14. The summed E-state index contributed by atoms with van der Waals surface area (Å²) < 4.78 is 6.89. The fourth-order valence-corrected chi connectivity index (χ4v) is 8.58. The average molecular weight is 727 g/mol. The molecule has 0 saturated carbocycles. The molecule has 2 aliphatic heterocycles. The number of anilines is 4. The van der Waals surface area contributed by atoms with Crippen molar-refractivity contribution in [1.82, 2.24) is 9.97 Å². The molecule has 0 radical (unpaired) electrons. The van der Waals surface area contributed by atoms with Gasteiger partial charge in [0.15, 0.2) is 0 Å². The van der Waals surface area contributed by atoms with Crippen LogP contribution in [0, 0.1) is 0 Å². The van der Waals surface area contributed by atoms with Crippen molar-refractivity contribution < 1.29 is 4.74 Å². The lowest BCUT2D eigenvalue weighted by molar-refractivity contribution is 0.476. The summed E-state index contributed by atoms with van der Waals surface area (Å²) in [5.74, 6) is 3.64. The van der Waals surface area contributed by atoms with E-state index in [4.69, 9.17) is 14.7 Å². The molecule has 5 heteroatoms. The molecule has 0 aliphatic carbocycles. The van der Waals surface area contributed by atoms with E-state index in [-0.39, 0.29) is 16.2 Å². The van der Waals surface area contributed by atoms with E-state index in [2.05, 4.69) is 174 Å². The van der Waals surface area contributed by atoms with Gasteiger partial charge in [0.25, 0.3) is 0 Å². The molecule has 2 aromatic heterocycles. The lowest BCUT2D eigenvalue weighted by Crippen LogP contribution is -2.29. The Morgan fingerprint density at radius 2 is 1.04 bits per heavy atom. The molecule has 4 heterocycles. The molecule has 0 amide bonds. The number of aromatic nitrogens is 2. The van der Waals surface area contributed by atoms with Crippen LogP contribution >= 0.6 is 0 Å². The zero-order valence-electron chi connectivity index (χ0n) is 33.6. The molecule has 55 heavy (non-hydrogen) atoms. The van der Waals surface area contributed by atoms with E-state index in [9.17, 15) is 0 Å². The molecule has 0 unspecified atom stereocenters. The molecule has 6 aromatic rings. The molecule has 2 aliphatic rings. The van der Waals surface area contributed by atoms with Gasteiger partial charge in [-0.25, -0.2) is 9.97 Å². The van der Waals surface area contributed by atoms with Crippen LogP contribution in [0.2, 0.25) is 0 Å². The van der Waals surface area contributed by atoms with Gasteiger partial charge >= 0.3 is 0 Å². The van der Waals surface area contributed by atoms with Gasteiger partial charge in [-0.2, -0.15) is 0 Å². The highest BCUT2D eigenvalue weighted by Gasteiger charge is 2.31. The molecule has 0 bridgehead atoms. The van der Waals surface area contributed by atoms with E-state index < -0.39 is 0 Å². The third-order valence-corrected chi connectivity index (χ3v) is 12.0. The number of hydrogen-bond acceptors (Lipinski definition) is 5. The van der Waals surface area contributed by atoms with Crippen molar-refractivity contribution >= 4 is 23.0 Å². The number of ether oxygens (including phenoxy) is 1. The maximum Gasteiger partial charge on any atom is 0.133 e. The van der Waals surface area contributed by atoms with Gasteiger partial charge in [0, 0.05) is 59.8 Å². The molecule has 0 spiro atoms. The smallest absolute Gasteiger partial charge is 0.133 e. The highest BCUT2D eigenvalue weighted by Crippen LogP contribution is 2.45. The molecule has 5 nitrogen and oxygen atoms in total. The minimum absolute atomic E-state index is 0.0616. The van der Waals surface area contributed by atoms with Gasteiger partial charge in [-0.05, 0) is 106 Å². The number of fused-ring (bicyclic) bond motifs is 2. The van der Waals surface area contributed by atoms with Crippen LogP contribution in [0.4, 0.5) is 23.0 Å². The fourth-order valence-electron chi connectivity index (χ4n) is 8.58. The van der Waals surface area contributed by atoms with E-state index in [1.165, 1.54) is 50.3 Å². The van der Waals surface area contributed by atoms with E-state index in [0.717, 1.165) is 61.9 Å². The van der Waals surface area contributed by atoms with E-state index in [1.54, 1.807) is 0 Å². The zero-order valence-corrected chi connectivity index (χ0v) is 33.6. The number of aryl methyl sites for hydroxylation is 1. The number of hydrogen-bond donors (Lipinski definition) is 0. The van der Waals surface area contributed by atoms with Crippen LogP contribution in [-0.2, 0) is 29.1 Å². The fraction of sp³-hybridized carbons (Fsp3) is 0.320. The van der Waals surface area contributed by atoms with Gasteiger partial charge in [-0.3, -0.25) is 0 Å². The molecular weight excluding hydrogens is 673 g/mol. The SMILES string of the molecule is CC(C)(C)c1cc(Oc2ccc3c(c2)N(c2cc(C(C)(C)c4ccccc4)ccn2)CCC3)cc2c1CCCN2c1cc(C(C)(C)c2ccccc2)ccn1. The van der Waals surface area contributed by atoms with Gasteiger partial charge in [0.05, 0.1) is 0 Å². The highest BCUT2D eigenvalue weighted by molar-refractivity contribution is 5.72.